The summed E-state index contributed by atoms with van der Waals surface area (Å²) in [5, 5.41) is 3.38. The van der Waals surface area contributed by atoms with E-state index in [9.17, 15) is 0 Å². The summed E-state index contributed by atoms with van der Waals surface area (Å²) < 4.78 is 17.7. The molecule has 0 bridgehead atoms. The molecule has 0 heterocycles. The van der Waals surface area contributed by atoms with Crippen molar-refractivity contribution < 1.29 is 14.2 Å². The van der Waals surface area contributed by atoms with E-state index in [1.807, 2.05) is 0 Å². The lowest BCUT2D eigenvalue weighted by Crippen LogP contribution is -2.29. The number of ether oxygens (including phenoxy) is 3. The molecule has 0 amide bonds. The fourth-order valence-electron chi connectivity index (χ4n) is 3.96. The third-order valence-electron chi connectivity index (χ3n) is 6.23. The van der Waals surface area contributed by atoms with Gasteiger partial charge in [-0.3, -0.25) is 4.90 Å². The van der Waals surface area contributed by atoms with Gasteiger partial charge in [0.05, 0.1) is 6.73 Å². The summed E-state index contributed by atoms with van der Waals surface area (Å²) in [7, 11) is 0. The van der Waals surface area contributed by atoms with Crippen LogP contribution >= 0.6 is 0 Å². The van der Waals surface area contributed by atoms with Gasteiger partial charge in [-0.1, -0.05) is 72.1 Å². The average Bonchev–Trinajstić information content (AvgIpc) is 2.85. The van der Waals surface area contributed by atoms with Crippen molar-refractivity contribution >= 4 is 0 Å². The number of nitrogens with zero attached hydrogens (tertiary/aromatic N) is 1. The Morgan fingerprint density at radius 3 is 1.41 bits per heavy atom. The standard InChI is InChI=1S/C29H62N2O3/c1-4-7-9-11-16-24-32-26-19-14-22-31(29-34-28-18-13-21-30-6-3)23-15-20-27-33-25-17-12-10-8-5-2/h30H,4-29H2,1-3H3. The van der Waals surface area contributed by atoms with Crippen molar-refractivity contribution in [2.24, 2.45) is 0 Å². The molecular formula is C29H62N2O3. The molecule has 0 aliphatic carbocycles. The van der Waals surface area contributed by atoms with E-state index in [4.69, 9.17) is 14.2 Å². The molecule has 0 spiro atoms. The molecule has 5 nitrogen and oxygen atoms in total. The van der Waals surface area contributed by atoms with Gasteiger partial charge in [0.2, 0.25) is 0 Å². The quantitative estimate of drug-likeness (QED) is 0.0860. The van der Waals surface area contributed by atoms with Gasteiger partial charge in [-0.2, -0.15) is 0 Å². The number of nitrogens with one attached hydrogen (secondary N) is 1. The smallest absolute Gasteiger partial charge is 0.0990 e. The maximum Gasteiger partial charge on any atom is 0.0990 e. The topological polar surface area (TPSA) is 43.0 Å². The molecule has 0 aliphatic heterocycles. The Labute approximate surface area is 214 Å². The summed E-state index contributed by atoms with van der Waals surface area (Å²) in [4.78, 5) is 2.49. The maximum absolute atomic E-state index is 6.00. The monoisotopic (exact) mass is 486 g/mol. The van der Waals surface area contributed by atoms with Crippen LogP contribution in [0.5, 0.6) is 0 Å². The largest absolute Gasteiger partial charge is 0.381 e. The van der Waals surface area contributed by atoms with Crippen molar-refractivity contribution in [2.75, 3.05) is 65.9 Å². The summed E-state index contributed by atoms with van der Waals surface area (Å²) in [6.07, 6.45) is 20.1. The van der Waals surface area contributed by atoms with Crippen molar-refractivity contribution in [1.82, 2.24) is 10.2 Å². The Kier molecular flexibility index (Phi) is 30.6. The summed E-state index contributed by atoms with van der Waals surface area (Å²) in [6, 6.07) is 0. The van der Waals surface area contributed by atoms with E-state index in [-0.39, 0.29) is 0 Å². The van der Waals surface area contributed by atoms with Gasteiger partial charge in [0.15, 0.2) is 0 Å². The highest BCUT2D eigenvalue weighted by Crippen LogP contribution is 2.05. The van der Waals surface area contributed by atoms with E-state index in [0.29, 0.717) is 0 Å². The molecule has 0 radical (unpaired) electrons. The van der Waals surface area contributed by atoms with Gasteiger partial charge >= 0.3 is 0 Å². The van der Waals surface area contributed by atoms with Crippen LogP contribution in [0.3, 0.4) is 0 Å². The van der Waals surface area contributed by atoms with Gasteiger partial charge in [-0.15, -0.1) is 0 Å². The zero-order valence-electron chi connectivity index (χ0n) is 23.6. The predicted octanol–water partition coefficient (Wildman–Crippen LogP) is 7.19. The van der Waals surface area contributed by atoms with Crippen molar-refractivity contribution in [3.8, 4) is 0 Å². The summed E-state index contributed by atoms with van der Waals surface area (Å²) >= 11 is 0. The van der Waals surface area contributed by atoms with E-state index >= 15 is 0 Å². The lowest BCUT2D eigenvalue weighted by Gasteiger charge is -2.22. The fraction of sp³-hybridized carbons (Fsp3) is 1.00. The van der Waals surface area contributed by atoms with Crippen LogP contribution in [0.1, 0.15) is 124 Å². The Hall–Kier alpha value is -0.200. The molecule has 34 heavy (non-hydrogen) atoms. The first-order chi connectivity index (χ1) is 16.8. The second-order valence-electron chi connectivity index (χ2n) is 9.68. The van der Waals surface area contributed by atoms with Gasteiger partial charge in [-0.05, 0) is 64.5 Å². The summed E-state index contributed by atoms with van der Waals surface area (Å²) in [5.41, 5.74) is 0. The highest BCUT2D eigenvalue weighted by Gasteiger charge is 2.05. The fourth-order valence-corrected chi connectivity index (χ4v) is 3.96. The van der Waals surface area contributed by atoms with E-state index in [0.717, 1.165) is 85.2 Å². The van der Waals surface area contributed by atoms with Crippen molar-refractivity contribution in [3.63, 3.8) is 0 Å². The zero-order chi connectivity index (χ0) is 24.8. The van der Waals surface area contributed by atoms with Crippen molar-refractivity contribution in [2.45, 2.75) is 124 Å². The van der Waals surface area contributed by atoms with Crippen LogP contribution in [0, 0.1) is 0 Å². The summed E-state index contributed by atoms with van der Waals surface area (Å²) in [6.45, 7) is 16.3. The minimum absolute atomic E-state index is 0.762. The predicted molar refractivity (Wildman–Crippen MR) is 148 cm³/mol. The SMILES string of the molecule is CCCCCCCOCCCCN(CCCCOCCCCCCC)COCCCCNCC. The minimum Gasteiger partial charge on any atom is -0.381 e. The molecule has 206 valence electrons. The van der Waals surface area contributed by atoms with Crippen LogP contribution in [0.2, 0.25) is 0 Å². The van der Waals surface area contributed by atoms with Gasteiger partial charge in [0.1, 0.15) is 0 Å². The zero-order valence-corrected chi connectivity index (χ0v) is 23.6. The van der Waals surface area contributed by atoms with Crippen LogP contribution < -0.4 is 5.32 Å². The van der Waals surface area contributed by atoms with Crippen LogP contribution in [-0.2, 0) is 14.2 Å². The maximum atomic E-state index is 6.00. The van der Waals surface area contributed by atoms with Gasteiger partial charge in [-0.25, -0.2) is 0 Å². The molecule has 0 unspecified atom stereocenters. The molecule has 0 aliphatic rings. The molecular weight excluding hydrogens is 424 g/mol. The molecule has 5 heteroatoms. The Morgan fingerprint density at radius 1 is 0.471 bits per heavy atom. The van der Waals surface area contributed by atoms with Crippen LogP contribution in [-0.4, -0.2) is 70.8 Å². The number of hydrogen-bond acceptors (Lipinski definition) is 5. The molecule has 0 rings (SSSR count). The Balaban J connectivity index is 3.82. The molecule has 0 aromatic heterocycles. The van der Waals surface area contributed by atoms with Gasteiger partial charge in [0.25, 0.3) is 0 Å². The van der Waals surface area contributed by atoms with Gasteiger partial charge in [0, 0.05) is 46.1 Å². The second-order valence-corrected chi connectivity index (χ2v) is 9.68. The lowest BCUT2D eigenvalue weighted by atomic mass is 10.2. The van der Waals surface area contributed by atoms with Crippen LogP contribution in [0.25, 0.3) is 0 Å². The molecule has 1 N–H and O–H groups in total. The molecule has 0 atom stereocenters. The first kappa shape index (κ1) is 33.8. The first-order valence-electron chi connectivity index (χ1n) is 15.0. The van der Waals surface area contributed by atoms with E-state index < -0.39 is 0 Å². The Bertz CT molecular complexity index is 334. The second kappa shape index (κ2) is 30.8. The third-order valence-corrected chi connectivity index (χ3v) is 6.23. The molecule has 0 aromatic carbocycles. The van der Waals surface area contributed by atoms with E-state index in [2.05, 4.69) is 31.0 Å². The van der Waals surface area contributed by atoms with Crippen LogP contribution in [0.15, 0.2) is 0 Å². The number of unbranched alkanes of at least 4 members (excludes halogenated alkanes) is 11. The first-order valence-corrected chi connectivity index (χ1v) is 15.0. The highest BCUT2D eigenvalue weighted by molar-refractivity contribution is 4.56. The Morgan fingerprint density at radius 2 is 0.912 bits per heavy atom. The lowest BCUT2D eigenvalue weighted by molar-refractivity contribution is 0.0221. The number of hydrogen-bond donors (Lipinski definition) is 1. The van der Waals surface area contributed by atoms with Crippen LogP contribution in [0.4, 0.5) is 0 Å². The molecule has 0 fully saturated rings. The van der Waals surface area contributed by atoms with E-state index in [1.54, 1.807) is 0 Å². The summed E-state index contributed by atoms with van der Waals surface area (Å²) in [5.74, 6) is 0. The third kappa shape index (κ3) is 28.0. The highest BCUT2D eigenvalue weighted by atomic mass is 16.5. The van der Waals surface area contributed by atoms with Gasteiger partial charge < -0.3 is 19.5 Å². The molecule has 0 aromatic rings. The normalized spacial score (nSPS) is 11.6. The van der Waals surface area contributed by atoms with Crippen molar-refractivity contribution in [3.05, 3.63) is 0 Å². The molecule has 0 saturated carbocycles. The van der Waals surface area contributed by atoms with E-state index in [1.165, 1.54) is 83.5 Å². The molecule has 0 saturated heterocycles. The van der Waals surface area contributed by atoms with Crippen molar-refractivity contribution in [1.29, 1.82) is 0 Å². The minimum atomic E-state index is 0.762. The number of rotatable bonds is 30. The average molecular weight is 487 g/mol.